The van der Waals surface area contributed by atoms with E-state index in [2.05, 4.69) is 15.6 Å². The molecule has 0 saturated carbocycles. The smallest absolute Gasteiger partial charge is 0.337 e. The van der Waals surface area contributed by atoms with Gasteiger partial charge in [0.25, 0.3) is 0 Å². The maximum Gasteiger partial charge on any atom is 0.337 e. The fraction of sp³-hybridized carbons (Fsp3) is 0.240. The lowest BCUT2D eigenvalue weighted by molar-refractivity contribution is 0.184. The van der Waals surface area contributed by atoms with Gasteiger partial charge < -0.3 is 20.1 Å². The number of rotatable bonds is 5. The molecule has 1 aromatic heterocycles. The average molecular weight is 464 g/mol. The van der Waals surface area contributed by atoms with Crippen molar-refractivity contribution in [3.05, 3.63) is 77.4 Å². The topological polar surface area (TPSA) is 88.1 Å². The normalized spacial score (nSPS) is 15.0. The maximum atomic E-state index is 13.9. The largest absolute Gasteiger partial charge is 0.493 e. The second kappa shape index (κ2) is 9.78. The van der Waals surface area contributed by atoms with Gasteiger partial charge in [0.05, 0.1) is 31.7 Å². The first-order valence-corrected chi connectivity index (χ1v) is 10.8. The number of nitrogens with zero attached hydrogens (tertiary/aromatic N) is 3. The standard InChI is InChI=1S/C25H26FN5O3/c1-15-12-17-13-21(33-3)22(34-4)14-19(17)23(30-31(15)25(32)27-2)16-7-9-18(10-8-16)29-20-6-5-11-28-24(20)26/h5-11,13-15,29H,12H2,1-4H3,(H,27,32)/t15-/m1/s1. The van der Waals surface area contributed by atoms with Crippen molar-refractivity contribution in [1.29, 1.82) is 0 Å². The number of fused-ring (bicyclic) bond motifs is 1. The number of aromatic nitrogens is 1. The zero-order valence-electron chi connectivity index (χ0n) is 19.4. The summed E-state index contributed by atoms with van der Waals surface area (Å²) in [5.74, 6) is 0.601. The van der Waals surface area contributed by atoms with E-state index >= 15 is 0 Å². The first-order chi connectivity index (χ1) is 16.4. The number of benzene rings is 2. The van der Waals surface area contributed by atoms with Crippen LogP contribution in [0.5, 0.6) is 11.5 Å². The van der Waals surface area contributed by atoms with Crippen molar-refractivity contribution in [2.75, 3.05) is 26.6 Å². The van der Waals surface area contributed by atoms with Gasteiger partial charge in [-0.3, -0.25) is 0 Å². The van der Waals surface area contributed by atoms with Crippen LogP contribution >= 0.6 is 0 Å². The molecule has 0 saturated heterocycles. The molecule has 0 spiro atoms. The average Bonchev–Trinajstić information content (AvgIpc) is 3.00. The maximum absolute atomic E-state index is 13.9. The first kappa shape index (κ1) is 23.0. The Balaban J connectivity index is 1.78. The molecule has 1 aliphatic heterocycles. The minimum absolute atomic E-state index is 0.191. The Labute approximate surface area is 197 Å². The van der Waals surface area contributed by atoms with Gasteiger partial charge in [-0.25, -0.2) is 14.8 Å². The molecular formula is C25H26FN5O3. The molecule has 1 atom stereocenters. The van der Waals surface area contributed by atoms with Gasteiger partial charge in [0.15, 0.2) is 11.5 Å². The summed E-state index contributed by atoms with van der Waals surface area (Å²) in [6.45, 7) is 1.94. The number of halogens is 1. The molecule has 0 radical (unpaired) electrons. The summed E-state index contributed by atoms with van der Waals surface area (Å²) in [7, 11) is 4.74. The highest BCUT2D eigenvalue weighted by molar-refractivity contribution is 6.14. The molecule has 9 heteroatoms. The number of carbonyl (C=O) groups excluding carboxylic acids is 1. The SMILES string of the molecule is CNC(=O)N1N=C(c2ccc(Nc3cccnc3F)cc2)c2cc(OC)c(OC)cc2C[C@H]1C. The highest BCUT2D eigenvalue weighted by Gasteiger charge is 2.28. The summed E-state index contributed by atoms with van der Waals surface area (Å²) in [6, 6.07) is 14.0. The van der Waals surface area contributed by atoms with Crippen LogP contribution in [0.4, 0.5) is 20.6 Å². The quantitative estimate of drug-likeness (QED) is 0.551. The number of anilines is 2. The van der Waals surface area contributed by atoms with E-state index in [9.17, 15) is 9.18 Å². The molecule has 2 amide bonds. The Bertz CT molecular complexity index is 1230. The lowest BCUT2D eigenvalue weighted by Gasteiger charge is -2.22. The summed E-state index contributed by atoms with van der Waals surface area (Å²) in [5.41, 5.74) is 4.19. The molecule has 4 rings (SSSR count). The van der Waals surface area contributed by atoms with E-state index < -0.39 is 5.95 Å². The molecule has 2 N–H and O–H groups in total. The summed E-state index contributed by atoms with van der Waals surface area (Å²) < 4.78 is 24.9. The van der Waals surface area contributed by atoms with Crippen LogP contribution in [0.3, 0.4) is 0 Å². The number of urea groups is 1. The fourth-order valence-electron chi connectivity index (χ4n) is 3.89. The Kier molecular flexibility index (Phi) is 6.62. The van der Waals surface area contributed by atoms with E-state index in [-0.39, 0.29) is 17.8 Å². The van der Waals surface area contributed by atoms with E-state index in [0.717, 1.165) is 16.7 Å². The van der Waals surface area contributed by atoms with Crippen LogP contribution in [0.25, 0.3) is 0 Å². The molecule has 2 aromatic carbocycles. The zero-order chi connectivity index (χ0) is 24.2. The summed E-state index contributed by atoms with van der Waals surface area (Å²) in [4.78, 5) is 16.3. The molecule has 0 fully saturated rings. The molecule has 0 unspecified atom stereocenters. The van der Waals surface area contributed by atoms with Gasteiger partial charge in [0.2, 0.25) is 5.95 Å². The third-order valence-electron chi connectivity index (χ3n) is 5.62. The van der Waals surface area contributed by atoms with Gasteiger partial charge in [-0.2, -0.15) is 9.49 Å². The van der Waals surface area contributed by atoms with E-state index in [4.69, 9.17) is 14.6 Å². The van der Waals surface area contributed by atoms with Crippen LogP contribution < -0.4 is 20.1 Å². The van der Waals surface area contributed by atoms with E-state index in [1.807, 2.05) is 43.3 Å². The fourth-order valence-corrected chi connectivity index (χ4v) is 3.89. The lowest BCUT2D eigenvalue weighted by atomic mass is 9.94. The van der Waals surface area contributed by atoms with Gasteiger partial charge in [-0.15, -0.1) is 0 Å². The zero-order valence-corrected chi connectivity index (χ0v) is 19.4. The molecular weight excluding hydrogens is 437 g/mol. The van der Waals surface area contributed by atoms with E-state index in [0.29, 0.717) is 29.3 Å². The van der Waals surface area contributed by atoms with Crippen molar-refractivity contribution >= 4 is 23.1 Å². The van der Waals surface area contributed by atoms with Crippen LogP contribution in [-0.2, 0) is 6.42 Å². The number of amides is 2. The first-order valence-electron chi connectivity index (χ1n) is 10.8. The molecule has 1 aliphatic rings. The lowest BCUT2D eigenvalue weighted by Crippen LogP contribution is -2.41. The Hall–Kier alpha value is -4.14. The van der Waals surface area contributed by atoms with Crippen molar-refractivity contribution in [3.63, 3.8) is 0 Å². The van der Waals surface area contributed by atoms with Crippen molar-refractivity contribution < 1.29 is 18.7 Å². The molecule has 3 aromatic rings. The molecule has 34 heavy (non-hydrogen) atoms. The number of pyridine rings is 1. The van der Waals surface area contributed by atoms with E-state index in [1.165, 1.54) is 11.2 Å². The highest BCUT2D eigenvalue weighted by Crippen LogP contribution is 2.35. The molecule has 0 bridgehead atoms. The second-order valence-corrected chi connectivity index (χ2v) is 7.81. The molecule has 176 valence electrons. The van der Waals surface area contributed by atoms with Gasteiger partial charge in [0.1, 0.15) is 0 Å². The van der Waals surface area contributed by atoms with Crippen molar-refractivity contribution in [3.8, 4) is 11.5 Å². The molecule has 8 nitrogen and oxygen atoms in total. The number of hydrogen-bond acceptors (Lipinski definition) is 6. The predicted molar refractivity (Wildman–Crippen MR) is 129 cm³/mol. The third-order valence-corrected chi connectivity index (χ3v) is 5.62. The second-order valence-electron chi connectivity index (χ2n) is 7.81. The Morgan fingerprint density at radius 3 is 2.47 bits per heavy atom. The number of methoxy groups -OCH3 is 2. The van der Waals surface area contributed by atoms with Gasteiger partial charge in [-0.05, 0) is 55.3 Å². The number of ether oxygens (including phenoxy) is 2. The summed E-state index contributed by atoms with van der Waals surface area (Å²) in [5, 5.41) is 11.9. The van der Waals surface area contributed by atoms with Crippen LogP contribution in [-0.4, -0.2) is 49.0 Å². The van der Waals surface area contributed by atoms with Crippen LogP contribution in [0.15, 0.2) is 59.8 Å². The molecule has 0 aliphatic carbocycles. The van der Waals surface area contributed by atoms with Gasteiger partial charge in [0, 0.05) is 30.1 Å². The van der Waals surface area contributed by atoms with Crippen LogP contribution in [0, 0.1) is 5.95 Å². The van der Waals surface area contributed by atoms with Crippen LogP contribution in [0.1, 0.15) is 23.6 Å². The summed E-state index contributed by atoms with van der Waals surface area (Å²) in [6.07, 6.45) is 1.98. The van der Waals surface area contributed by atoms with Crippen LogP contribution in [0.2, 0.25) is 0 Å². The predicted octanol–water partition coefficient (Wildman–Crippen LogP) is 4.32. The Morgan fingerprint density at radius 2 is 1.82 bits per heavy atom. The third kappa shape index (κ3) is 4.50. The van der Waals surface area contributed by atoms with Crippen molar-refractivity contribution in [1.82, 2.24) is 15.3 Å². The number of hydrogen-bond donors (Lipinski definition) is 2. The summed E-state index contributed by atoms with van der Waals surface area (Å²) >= 11 is 0. The monoisotopic (exact) mass is 463 g/mol. The number of nitrogens with one attached hydrogen (secondary N) is 2. The highest BCUT2D eigenvalue weighted by atomic mass is 19.1. The van der Waals surface area contributed by atoms with E-state index in [1.54, 1.807) is 33.4 Å². The van der Waals surface area contributed by atoms with Crippen molar-refractivity contribution in [2.45, 2.75) is 19.4 Å². The van der Waals surface area contributed by atoms with Gasteiger partial charge >= 0.3 is 6.03 Å². The Morgan fingerprint density at radius 1 is 1.12 bits per heavy atom. The minimum atomic E-state index is -0.579. The minimum Gasteiger partial charge on any atom is -0.493 e. The van der Waals surface area contributed by atoms with Gasteiger partial charge in [-0.1, -0.05) is 12.1 Å². The number of hydrazone groups is 1. The molecule has 2 heterocycles. The van der Waals surface area contributed by atoms with Crippen molar-refractivity contribution in [2.24, 2.45) is 5.10 Å². The number of carbonyl (C=O) groups is 1.